The van der Waals surface area contributed by atoms with Gasteiger partial charge in [-0.2, -0.15) is 0 Å². The monoisotopic (exact) mass is 351 g/mol. The molecule has 0 aromatic heterocycles. The number of hydrogen-bond acceptors (Lipinski definition) is 2. The molecule has 0 saturated carbocycles. The quantitative estimate of drug-likeness (QED) is 0.863. The fourth-order valence-corrected chi connectivity index (χ4v) is 2.22. The number of carbonyl (C=O) groups is 2. The summed E-state index contributed by atoms with van der Waals surface area (Å²) < 4.78 is 0. The van der Waals surface area contributed by atoms with Crippen molar-refractivity contribution in [1.29, 1.82) is 0 Å². The number of hydrogen-bond donors (Lipinski definition) is 2. The second-order valence-electron chi connectivity index (χ2n) is 4.98. The molecule has 0 aliphatic carbocycles. The Labute approximate surface area is 144 Å². The molecule has 0 saturated heterocycles. The minimum Gasteiger partial charge on any atom is -0.345 e. The van der Waals surface area contributed by atoms with E-state index in [1.807, 2.05) is 0 Å². The Morgan fingerprint density at radius 2 is 1.48 bits per heavy atom. The van der Waals surface area contributed by atoms with E-state index in [1.54, 1.807) is 50.5 Å². The summed E-state index contributed by atoms with van der Waals surface area (Å²) in [7, 11) is 3.29. The average molecular weight is 352 g/mol. The number of nitrogens with zero attached hydrogens (tertiary/aromatic N) is 1. The summed E-state index contributed by atoms with van der Waals surface area (Å²) in [5.74, 6) is -0.202. The smallest absolute Gasteiger partial charge is 0.323 e. The van der Waals surface area contributed by atoms with Crippen LogP contribution in [0.3, 0.4) is 0 Å². The molecule has 3 amide bonds. The van der Waals surface area contributed by atoms with E-state index in [1.165, 1.54) is 11.0 Å². The van der Waals surface area contributed by atoms with Crippen molar-refractivity contribution in [1.82, 2.24) is 4.90 Å². The lowest BCUT2D eigenvalue weighted by Gasteiger charge is -2.13. The Hall–Kier alpha value is -2.24. The predicted octanol–water partition coefficient (Wildman–Crippen LogP) is 4.34. The molecule has 2 aromatic rings. The number of halogens is 2. The third kappa shape index (κ3) is 4.61. The van der Waals surface area contributed by atoms with Gasteiger partial charge in [-0.1, -0.05) is 23.2 Å². The molecule has 2 N–H and O–H groups in total. The van der Waals surface area contributed by atoms with Gasteiger partial charge in [-0.25, -0.2) is 4.79 Å². The molecule has 2 rings (SSSR count). The molecule has 0 heterocycles. The van der Waals surface area contributed by atoms with Gasteiger partial charge in [0.15, 0.2) is 0 Å². The van der Waals surface area contributed by atoms with Gasteiger partial charge in [-0.15, -0.1) is 0 Å². The van der Waals surface area contributed by atoms with Gasteiger partial charge in [-0.3, -0.25) is 4.79 Å². The Bertz CT molecular complexity index is 731. The van der Waals surface area contributed by atoms with Crippen LogP contribution in [0.4, 0.5) is 16.2 Å². The number of amides is 3. The van der Waals surface area contributed by atoms with E-state index in [4.69, 9.17) is 23.2 Å². The normalized spacial score (nSPS) is 10.1. The minimum atomic E-state index is -0.421. The number of carbonyl (C=O) groups excluding carboxylic acids is 2. The van der Waals surface area contributed by atoms with Gasteiger partial charge < -0.3 is 15.5 Å². The summed E-state index contributed by atoms with van der Waals surface area (Å²) in [6.07, 6.45) is 0. The lowest BCUT2D eigenvalue weighted by molar-refractivity contribution is 0.0828. The van der Waals surface area contributed by atoms with Crippen LogP contribution in [-0.2, 0) is 0 Å². The summed E-state index contributed by atoms with van der Waals surface area (Å²) in [5.41, 5.74) is 1.47. The topological polar surface area (TPSA) is 61.4 Å². The van der Waals surface area contributed by atoms with Gasteiger partial charge in [0.1, 0.15) is 0 Å². The van der Waals surface area contributed by atoms with Gasteiger partial charge >= 0.3 is 6.03 Å². The lowest BCUT2D eigenvalue weighted by Crippen LogP contribution is -2.22. The third-order valence-corrected chi connectivity index (χ3v) is 3.53. The van der Waals surface area contributed by atoms with Crippen LogP contribution in [0.15, 0.2) is 42.5 Å². The highest BCUT2D eigenvalue weighted by Crippen LogP contribution is 2.22. The van der Waals surface area contributed by atoms with Crippen LogP contribution in [-0.4, -0.2) is 30.9 Å². The van der Waals surface area contributed by atoms with Gasteiger partial charge in [0.2, 0.25) is 0 Å². The number of rotatable bonds is 3. The molecule has 23 heavy (non-hydrogen) atoms. The number of urea groups is 1. The van der Waals surface area contributed by atoms with E-state index in [0.29, 0.717) is 22.0 Å². The average Bonchev–Trinajstić information content (AvgIpc) is 2.49. The summed E-state index contributed by atoms with van der Waals surface area (Å²) in [5, 5.41) is 6.17. The predicted molar refractivity (Wildman–Crippen MR) is 93.6 cm³/mol. The van der Waals surface area contributed by atoms with Crippen LogP contribution < -0.4 is 10.6 Å². The first-order chi connectivity index (χ1) is 10.9. The highest BCUT2D eigenvalue weighted by molar-refractivity contribution is 6.34. The second-order valence-corrected chi connectivity index (χ2v) is 5.82. The SMILES string of the molecule is CN(C)C(=O)c1ccc(NC(=O)Nc2ccc(Cl)cc2)cc1Cl. The summed E-state index contributed by atoms with van der Waals surface area (Å²) in [6, 6.07) is 11.0. The maximum Gasteiger partial charge on any atom is 0.323 e. The maximum absolute atomic E-state index is 11.9. The van der Waals surface area contributed by atoms with Crippen LogP contribution >= 0.6 is 23.2 Å². The van der Waals surface area contributed by atoms with E-state index < -0.39 is 6.03 Å². The zero-order chi connectivity index (χ0) is 17.0. The molecule has 0 bridgehead atoms. The van der Waals surface area contributed by atoms with Crippen LogP contribution in [0.25, 0.3) is 0 Å². The van der Waals surface area contributed by atoms with Crippen molar-refractivity contribution in [2.45, 2.75) is 0 Å². The van der Waals surface area contributed by atoms with Crippen molar-refractivity contribution in [3.05, 3.63) is 58.1 Å². The van der Waals surface area contributed by atoms with Crippen LogP contribution in [0, 0.1) is 0 Å². The van der Waals surface area contributed by atoms with Crippen molar-refractivity contribution < 1.29 is 9.59 Å². The van der Waals surface area contributed by atoms with E-state index in [0.717, 1.165) is 0 Å². The Morgan fingerprint density at radius 3 is 2.04 bits per heavy atom. The Balaban J connectivity index is 2.05. The Morgan fingerprint density at radius 1 is 0.913 bits per heavy atom. The van der Waals surface area contributed by atoms with E-state index in [9.17, 15) is 9.59 Å². The van der Waals surface area contributed by atoms with E-state index >= 15 is 0 Å². The molecule has 0 aliphatic rings. The number of anilines is 2. The molecule has 0 fully saturated rings. The standard InChI is InChI=1S/C16H15Cl2N3O2/c1-21(2)15(22)13-8-7-12(9-14(13)18)20-16(23)19-11-5-3-10(17)4-6-11/h3-9H,1-2H3,(H2,19,20,23). The van der Waals surface area contributed by atoms with E-state index in [2.05, 4.69) is 10.6 Å². The zero-order valence-electron chi connectivity index (χ0n) is 12.6. The first kappa shape index (κ1) is 17.1. The molecule has 0 aliphatic heterocycles. The van der Waals surface area contributed by atoms with Crippen LogP contribution in [0.5, 0.6) is 0 Å². The van der Waals surface area contributed by atoms with Crippen molar-refractivity contribution in [2.24, 2.45) is 0 Å². The highest BCUT2D eigenvalue weighted by atomic mass is 35.5. The minimum absolute atomic E-state index is 0.202. The first-order valence-electron chi connectivity index (χ1n) is 6.71. The summed E-state index contributed by atoms with van der Waals surface area (Å²) in [6.45, 7) is 0. The Kier molecular flexibility index (Phi) is 5.47. The lowest BCUT2D eigenvalue weighted by atomic mass is 10.2. The van der Waals surface area contributed by atoms with Crippen LogP contribution in [0.1, 0.15) is 10.4 Å². The number of benzene rings is 2. The van der Waals surface area contributed by atoms with Gasteiger partial charge in [0.25, 0.3) is 5.91 Å². The molecule has 0 unspecified atom stereocenters. The molecule has 0 atom stereocenters. The van der Waals surface area contributed by atoms with Crippen molar-refractivity contribution in [2.75, 3.05) is 24.7 Å². The van der Waals surface area contributed by atoms with Crippen molar-refractivity contribution >= 4 is 46.5 Å². The fourth-order valence-electron chi connectivity index (χ4n) is 1.83. The van der Waals surface area contributed by atoms with E-state index in [-0.39, 0.29) is 10.9 Å². The maximum atomic E-state index is 11.9. The summed E-state index contributed by atoms with van der Waals surface area (Å²) >= 11 is 11.9. The second kappa shape index (κ2) is 7.35. The molecular weight excluding hydrogens is 337 g/mol. The number of nitrogens with one attached hydrogen (secondary N) is 2. The molecule has 0 radical (unpaired) electrons. The van der Waals surface area contributed by atoms with Crippen molar-refractivity contribution in [3.63, 3.8) is 0 Å². The van der Waals surface area contributed by atoms with Gasteiger partial charge in [0.05, 0.1) is 10.6 Å². The molecular formula is C16H15Cl2N3O2. The van der Waals surface area contributed by atoms with Gasteiger partial charge in [-0.05, 0) is 42.5 Å². The highest BCUT2D eigenvalue weighted by Gasteiger charge is 2.13. The third-order valence-electron chi connectivity index (χ3n) is 2.97. The van der Waals surface area contributed by atoms with Gasteiger partial charge in [0, 0.05) is 30.5 Å². The first-order valence-corrected chi connectivity index (χ1v) is 7.47. The zero-order valence-corrected chi connectivity index (χ0v) is 14.1. The molecule has 120 valence electrons. The largest absolute Gasteiger partial charge is 0.345 e. The molecule has 0 spiro atoms. The van der Waals surface area contributed by atoms with Crippen molar-refractivity contribution in [3.8, 4) is 0 Å². The summed E-state index contributed by atoms with van der Waals surface area (Å²) in [4.78, 5) is 25.3. The molecule has 2 aromatic carbocycles. The van der Waals surface area contributed by atoms with Crippen LogP contribution in [0.2, 0.25) is 10.0 Å². The fraction of sp³-hybridized carbons (Fsp3) is 0.125. The molecule has 5 nitrogen and oxygen atoms in total. The molecule has 7 heteroatoms.